The van der Waals surface area contributed by atoms with Gasteiger partial charge in [0.25, 0.3) is 5.56 Å². The van der Waals surface area contributed by atoms with Crippen LogP contribution in [0.1, 0.15) is 69.3 Å². The molecule has 0 unspecified atom stereocenters. The number of piperidine rings is 1. The number of nitrogens with one attached hydrogen (secondary N) is 1. The molecular weight excluding hydrogens is 338 g/mol. The van der Waals surface area contributed by atoms with Crippen molar-refractivity contribution in [2.45, 2.75) is 70.9 Å². The molecular formula is C21H31N5O. The van der Waals surface area contributed by atoms with Crippen LogP contribution in [-0.2, 0) is 18.5 Å². The number of aromatic nitrogens is 4. The monoisotopic (exact) mass is 369 g/mol. The minimum absolute atomic E-state index is 0.0739. The van der Waals surface area contributed by atoms with E-state index in [0.29, 0.717) is 5.92 Å². The van der Waals surface area contributed by atoms with Crippen molar-refractivity contribution in [3.8, 4) is 0 Å². The molecule has 2 aromatic heterocycles. The van der Waals surface area contributed by atoms with Gasteiger partial charge in [-0.2, -0.15) is 5.10 Å². The van der Waals surface area contributed by atoms with Crippen LogP contribution in [0, 0.1) is 5.92 Å². The van der Waals surface area contributed by atoms with E-state index < -0.39 is 0 Å². The Bertz CT molecular complexity index is 835. The first-order chi connectivity index (χ1) is 12.9. The topological polar surface area (TPSA) is 66.8 Å². The van der Waals surface area contributed by atoms with Gasteiger partial charge in [-0.1, -0.05) is 20.8 Å². The minimum atomic E-state index is -0.0873. The summed E-state index contributed by atoms with van der Waals surface area (Å²) in [7, 11) is 0. The summed E-state index contributed by atoms with van der Waals surface area (Å²) in [6.07, 6.45) is 8.60. The van der Waals surface area contributed by atoms with Crippen LogP contribution in [0.15, 0.2) is 23.4 Å². The van der Waals surface area contributed by atoms with E-state index in [1.54, 1.807) is 17.0 Å². The summed E-state index contributed by atoms with van der Waals surface area (Å²) in [5.74, 6) is 1.27. The number of aromatic amines is 1. The fraction of sp³-hybridized carbons (Fsp3) is 0.667. The molecule has 1 saturated carbocycles. The van der Waals surface area contributed by atoms with Crippen LogP contribution in [0.2, 0.25) is 0 Å². The predicted molar refractivity (Wildman–Crippen MR) is 106 cm³/mol. The zero-order valence-corrected chi connectivity index (χ0v) is 16.7. The zero-order chi connectivity index (χ0) is 19.0. The van der Waals surface area contributed by atoms with E-state index in [1.165, 1.54) is 24.1 Å². The highest BCUT2D eigenvalue weighted by molar-refractivity contribution is 5.24. The summed E-state index contributed by atoms with van der Waals surface area (Å²) in [6.45, 7) is 10.2. The first kappa shape index (κ1) is 18.4. The summed E-state index contributed by atoms with van der Waals surface area (Å²) in [4.78, 5) is 19.5. The van der Waals surface area contributed by atoms with Crippen LogP contribution < -0.4 is 5.56 Å². The molecule has 3 heterocycles. The number of rotatable bonds is 5. The fourth-order valence-electron chi connectivity index (χ4n) is 3.99. The van der Waals surface area contributed by atoms with Gasteiger partial charge in [0.1, 0.15) is 0 Å². The van der Waals surface area contributed by atoms with Gasteiger partial charge in [-0.15, -0.1) is 0 Å². The molecule has 0 spiro atoms. The van der Waals surface area contributed by atoms with Crippen molar-refractivity contribution in [1.29, 1.82) is 0 Å². The second-order valence-corrected chi connectivity index (χ2v) is 9.32. The molecule has 146 valence electrons. The third-order valence-corrected chi connectivity index (χ3v) is 5.94. The Morgan fingerprint density at radius 1 is 1.19 bits per heavy atom. The summed E-state index contributed by atoms with van der Waals surface area (Å²) in [5, 5.41) is 7.46. The first-order valence-electron chi connectivity index (χ1n) is 10.2. The molecule has 1 N–H and O–H groups in total. The van der Waals surface area contributed by atoms with Crippen molar-refractivity contribution < 1.29 is 0 Å². The highest BCUT2D eigenvalue weighted by Gasteiger charge is 2.29. The molecule has 2 aromatic rings. The third-order valence-electron chi connectivity index (χ3n) is 5.94. The highest BCUT2D eigenvalue weighted by Crippen LogP contribution is 2.40. The minimum Gasteiger partial charge on any atom is -0.299 e. The van der Waals surface area contributed by atoms with Crippen LogP contribution in [0.25, 0.3) is 0 Å². The molecule has 6 nitrogen and oxygen atoms in total. The van der Waals surface area contributed by atoms with Crippen LogP contribution in [-0.4, -0.2) is 37.7 Å². The average molecular weight is 370 g/mol. The van der Waals surface area contributed by atoms with Crippen LogP contribution in [0.3, 0.4) is 0 Å². The molecule has 27 heavy (non-hydrogen) atoms. The Morgan fingerprint density at radius 3 is 2.56 bits per heavy atom. The molecule has 0 amide bonds. The van der Waals surface area contributed by atoms with E-state index in [2.05, 4.69) is 40.9 Å². The van der Waals surface area contributed by atoms with Crippen LogP contribution in [0.4, 0.5) is 0 Å². The van der Waals surface area contributed by atoms with Crippen LogP contribution in [0.5, 0.6) is 0 Å². The fourth-order valence-corrected chi connectivity index (χ4v) is 3.99. The molecule has 2 fully saturated rings. The van der Waals surface area contributed by atoms with Crippen LogP contribution >= 0.6 is 0 Å². The van der Waals surface area contributed by atoms with Gasteiger partial charge in [-0.05, 0) is 44.7 Å². The van der Waals surface area contributed by atoms with E-state index in [9.17, 15) is 4.79 Å². The number of hydrogen-bond acceptors (Lipinski definition) is 4. The predicted octanol–water partition coefficient (Wildman–Crippen LogP) is 3.05. The Kier molecular flexibility index (Phi) is 4.93. The number of hydrogen-bond donors (Lipinski definition) is 1. The van der Waals surface area contributed by atoms with Crippen molar-refractivity contribution in [2.24, 2.45) is 5.92 Å². The summed E-state index contributed by atoms with van der Waals surface area (Å²) in [6, 6.07) is 1.70. The number of H-pyrrole nitrogens is 1. The van der Waals surface area contributed by atoms with Crippen molar-refractivity contribution in [3.63, 3.8) is 0 Å². The van der Waals surface area contributed by atoms with E-state index in [0.717, 1.165) is 50.6 Å². The maximum atomic E-state index is 12.4. The smallest absolute Gasteiger partial charge is 0.253 e. The maximum absolute atomic E-state index is 12.4. The molecule has 1 aliphatic heterocycles. The molecule has 0 bridgehead atoms. The Morgan fingerprint density at radius 2 is 1.93 bits per heavy atom. The normalized spacial score (nSPS) is 19.5. The Balaban J connectivity index is 1.32. The number of likely N-dealkylation sites (tertiary alicyclic amines) is 1. The van der Waals surface area contributed by atoms with Gasteiger partial charge < -0.3 is 0 Å². The summed E-state index contributed by atoms with van der Waals surface area (Å²) < 4.78 is 1.79. The van der Waals surface area contributed by atoms with E-state index >= 15 is 0 Å². The molecule has 0 radical (unpaired) electrons. The molecule has 0 aromatic carbocycles. The number of nitrogens with zero attached hydrogens (tertiary/aromatic N) is 4. The lowest BCUT2D eigenvalue weighted by Crippen LogP contribution is -2.36. The first-order valence-corrected chi connectivity index (χ1v) is 10.2. The van der Waals surface area contributed by atoms with Gasteiger partial charge in [-0.3, -0.25) is 19.4 Å². The lowest BCUT2D eigenvalue weighted by molar-refractivity contribution is 0.166. The van der Waals surface area contributed by atoms with Gasteiger partial charge in [0.05, 0.1) is 18.2 Å². The molecule has 0 atom stereocenters. The maximum Gasteiger partial charge on any atom is 0.253 e. The van der Waals surface area contributed by atoms with Gasteiger partial charge >= 0.3 is 0 Å². The van der Waals surface area contributed by atoms with Crippen molar-refractivity contribution in [1.82, 2.24) is 24.6 Å². The lowest BCUT2D eigenvalue weighted by Gasteiger charge is -2.32. The van der Waals surface area contributed by atoms with E-state index in [-0.39, 0.29) is 11.0 Å². The molecule has 1 aliphatic carbocycles. The van der Waals surface area contributed by atoms with E-state index in [1.807, 2.05) is 6.20 Å². The second kappa shape index (κ2) is 7.23. The SMILES string of the molecule is CC(C)(C)c1cc(=O)n(CC2CCN(Cc3cn[nH]c3C3CC3)CC2)cn1. The highest BCUT2D eigenvalue weighted by atomic mass is 16.1. The van der Waals surface area contributed by atoms with Crippen molar-refractivity contribution >= 4 is 0 Å². The molecule has 4 rings (SSSR count). The van der Waals surface area contributed by atoms with Gasteiger partial charge in [-0.25, -0.2) is 4.98 Å². The quantitative estimate of drug-likeness (QED) is 0.880. The largest absolute Gasteiger partial charge is 0.299 e. The molecule has 6 heteroatoms. The summed E-state index contributed by atoms with van der Waals surface area (Å²) in [5.41, 5.74) is 3.58. The van der Waals surface area contributed by atoms with Gasteiger partial charge in [0.2, 0.25) is 0 Å². The second-order valence-electron chi connectivity index (χ2n) is 9.32. The standard InChI is InChI=1S/C21H31N5O/c1-21(2,3)18-10-19(27)26(14-22-18)12-15-6-8-25(9-7-15)13-17-11-23-24-20(17)16-4-5-16/h10-11,14-16H,4-9,12-13H2,1-3H3,(H,23,24). The average Bonchev–Trinajstić information content (AvgIpc) is 3.37. The van der Waals surface area contributed by atoms with E-state index in [4.69, 9.17) is 0 Å². The molecule has 1 saturated heterocycles. The Labute approximate surface area is 161 Å². The summed E-state index contributed by atoms with van der Waals surface area (Å²) >= 11 is 0. The molecule has 2 aliphatic rings. The third kappa shape index (κ3) is 4.32. The zero-order valence-electron chi connectivity index (χ0n) is 16.7. The van der Waals surface area contributed by atoms with Gasteiger partial charge in [0, 0.05) is 41.7 Å². The van der Waals surface area contributed by atoms with Crippen molar-refractivity contribution in [2.75, 3.05) is 13.1 Å². The lowest BCUT2D eigenvalue weighted by atomic mass is 9.92. The van der Waals surface area contributed by atoms with Gasteiger partial charge in [0.15, 0.2) is 0 Å². The van der Waals surface area contributed by atoms with Crippen molar-refractivity contribution in [3.05, 3.63) is 45.9 Å². The Hall–Kier alpha value is -1.95.